The maximum absolute atomic E-state index is 11.6. The van der Waals surface area contributed by atoms with E-state index in [0.29, 0.717) is 6.42 Å². The molecule has 1 fully saturated rings. The number of nitrogens with zero attached hydrogens (tertiary/aromatic N) is 2. The molecule has 8 heteroatoms. The van der Waals surface area contributed by atoms with Gasteiger partial charge in [-0.05, 0) is 99.0 Å². The first-order valence-electron chi connectivity index (χ1n) is 12.2. The molecule has 1 aliphatic rings. The van der Waals surface area contributed by atoms with E-state index in [4.69, 9.17) is 16.3 Å². The van der Waals surface area contributed by atoms with Gasteiger partial charge in [0.25, 0.3) is 0 Å². The predicted molar refractivity (Wildman–Crippen MR) is 140 cm³/mol. The molecular formula is C27H33ClN2O4S. The Morgan fingerprint density at radius 1 is 1.29 bits per heavy atom. The summed E-state index contributed by atoms with van der Waals surface area (Å²) in [6.45, 7) is 2.73. The molecule has 1 aliphatic heterocycles. The lowest BCUT2D eigenvalue weighted by molar-refractivity contribution is -0.139. The highest BCUT2D eigenvalue weighted by molar-refractivity contribution is 7.16. The van der Waals surface area contributed by atoms with Crippen LogP contribution in [0.3, 0.4) is 0 Å². The molecule has 2 aromatic heterocycles. The van der Waals surface area contributed by atoms with Gasteiger partial charge in [0, 0.05) is 29.4 Å². The predicted octanol–water partition coefficient (Wildman–Crippen LogP) is 5.82. The highest BCUT2D eigenvalue weighted by atomic mass is 35.5. The number of piperidine rings is 1. The fourth-order valence-electron chi connectivity index (χ4n) is 5.25. The Morgan fingerprint density at radius 2 is 2.14 bits per heavy atom. The zero-order valence-electron chi connectivity index (χ0n) is 20.0. The molecule has 35 heavy (non-hydrogen) atoms. The number of ether oxygens (including phenoxy) is 1. The number of hydrogen-bond acceptors (Lipinski definition) is 6. The van der Waals surface area contributed by atoms with Crippen LogP contribution in [-0.2, 0) is 11.2 Å². The van der Waals surface area contributed by atoms with Crippen molar-refractivity contribution in [2.24, 2.45) is 11.8 Å². The van der Waals surface area contributed by atoms with Gasteiger partial charge in [-0.2, -0.15) is 0 Å². The highest BCUT2D eigenvalue weighted by Gasteiger charge is 2.31. The lowest BCUT2D eigenvalue weighted by atomic mass is 9.79. The van der Waals surface area contributed by atoms with Crippen molar-refractivity contribution in [3.05, 3.63) is 57.4 Å². The Kier molecular flexibility index (Phi) is 9.00. The van der Waals surface area contributed by atoms with Crippen molar-refractivity contribution in [1.82, 2.24) is 9.88 Å². The lowest BCUT2D eigenvalue weighted by Gasteiger charge is -2.38. The van der Waals surface area contributed by atoms with Crippen molar-refractivity contribution in [3.63, 3.8) is 0 Å². The third kappa shape index (κ3) is 6.94. The maximum atomic E-state index is 11.6. The van der Waals surface area contributed by atoms with Crippen molar-refractivity contribution in [2.45, 2.75) is 44.6 Å². The van der Waals surface area contributed by atoms with Crippen LogP contribution in [0.5, 0.6) is 5.75 Å². The summed E-state index contributed by atoms with van der Waals surface area (Å²) in [7, 11) is 1.63. The zero-order chi connectivity index (χ0) is 24.8. The van der Waals surface area contributed by atoms with E-state index < -0.39 is 12.1 Å². The van der Waals surface area contributed by atoms with Gasteiger partial charge in [-0.25, -0.2) is 0 Å². The number of rotatable bonds is 11. The van der Waals surface area contributed by atoms with E-state index in [9.17, 15) is 15.0 Å². The second-order valence-corrected chi connectivity index (χ2v) is 11.2. The van der Waals surface area contributed by atoms with E-state index >= 15 is 0 Å². The maximum Gasteiger partial charge on any atom is 0.303 e. The summed E-state index contributed by atoms with van der Waals surface area (Å²) in [6.07, 6.45) is 5.66. The molecule has 188 valence electrons. The number of methoxy groups -OCH3 is 1. The number of pyridine rings is 1. The number of halogens is 1. The number of aromatic nitrogens is 1. The first kappa shape index (κ1) is 25.9. The molecular weight excluding hydrogens is 484 g/mol. The van der Waals surface area contributed by atoms with Crippen LogP contribution >= 0.6 is 22.9 Å². The van der Waals surface area contributed by atoms with Gasteiger partial charge in [-0.15, -0.1) is 11.3 Å². The molecule has 3 aromatic rings. The third-order valence-corrected chi connectivity index (χ3v) is 8.38. The molecule has 0 saturated carbocycles. The van der Waals surface area contributed by atoms with Crippen LogP contribution in [0.2, 0.25) is 4.34 Å². The molecule has 0 radical (unpaired) electrons. The van der Waals surface area contributed by atoms with Gasteiger partial charge in [0.15, 0.2) is 0 Å². The van der Waals surface area contributed by atoms with Crippen molar-refractivity contribution in [1.29, 1.82) is 0 Å². The van der Waals surface area contributed by atoms with Crippen molar-refractivity contribution >= 4 is 39.8 Å². The Labute approximate surface area is 215 Å². The number of carboxylic acids is 1. The summed E-state index contributed by atoms with van der Waals surface area (Å²) < 4.78 is 6.17. The van der Waals surface area contributed by atoms with Crippen LogP contribution in [0.15, 0.2) is 42.6 Å². The minimum Gasteiger partial charge on any atom is -0.497 e. The van der Waals surface area contributed by atoms with Gasteiger partial charge in [0.2, 0.25) is 0 Å². The topological polar surface area (TPSA) is 82.9 Å². The third-order valence-electron chi connectivity index (χ3n) is 7.09. The molecule has 3 atom stereocenters. The monoisotopic (exact) mass is 516 g/mol. The summed E-state index contributed by atoms with van der Waals surface area (Å²) in [5.74, 6) is 0.368. The van der Waals surface area contributed by atoms with Gasteiger partial charge in [-0.1, -0.05) is 11.6 Å². The normalized spacial score (nSPS) is 19.6. The van der Waals surface area contributed by atoms with Crippen LogP contribution in [0, 0.1) is 11.8 Å². The second kappa shape index (κ2) is 12.2. The number of fused-ring (bicyclic) bond motifs is 1. The zero-order valence-corrected chi connectivity index (χ0v) is 21.6. The van der Waals surface area contributed by atoms with Crippen molar-refractivity contribution in [3.8, 4) is 5.75 Å². The van der Waals surface area contributed by atoms with Crippen molar-refractivity contribution < 1.29 is 19.7 Å². The molecule has 6 nitrogen and oxygen atoms in total. The first-order valence-corrected chi connectivity index (χ1v) is 13.4. The molecule has 0 aliphatic carbocycles. The number of carboxylic acid groups (broad SMARTS) is 1. The number of benzene rings is 1. The molecule has 4 rings (SSSR count). The molecule has 0 unspecified atom stereocenters. The summed E-state index contributed by atoms with van der Waals surface area (Å²) >= 11 is 7.66. The van der Waals surface area contributed by atoms with E-state index in [1.807, 2.05) is 30.3 Å². The number of likely N-dealkylation sites (tertiary alicyclic amines) is 1. The Morgan fingerprint density at radius 3 is 2.89 bits per heavy atom. The minimum absolute atomic E-state index is 0.0962. The Balaban J connectivity index is 1.35. The fourth-order valence-corrected chi connectivity index (χ4v) is 6.38. The summed E-state index contributed by atoms with van der Waals surface area (Å²) in [6, 6.07) is 11.6. The number of carbonyl (C=O) groups is 1. The highest BCUT2D eigenvalue weighted by Crippen LogP contribution is 2.35. The fraction of sp³-hybridized carbons (Fsp3) is 0.481. The molecule has 1 aromatic carbocycles. The average molecular weight is 517 g/mol. The van der Waals surface area contributed by atoms with E-state index in [1.54, 1.807) is 24.6 Å². The van der Waals surface area contributed by atoms with Gasteiger partial charge in [0.05, 0.1) is 23.1 Å². The van der Waals surface area contributed by atoms with Gasteiger partial charge < -0.3 is 19.8 Å². The number of aliphatic hydroxyl groups is 1. The quantitative estimate of drug-likeness (QED) is 0.334. The SMILES string of the molecule is COc1ccc2nccc([C@@H](O)CC[C@@H]3CCN(CCCc4ccc(Cl)s4)C[C@@H]3CC(=O)O)c2c1. The second-order valence-electron chi connectivity index (χ2n) is 9.39. The molecule has 2 N–H and O–H groups in total. The van der Waals surface area contributed by atoms with Crippen LogP contribution in [0.1, 0.15) is 48.6 Å². The van der Waals surface area contributed by atoms with Crippen molar-refractivity contribution in [2.75, 3.05) is 26.7 Å². The van der Waals surface area contributed by atoms with Crippen LogP contribution in [0.4, 0.5) is 0 Å². The van der Waals surface area contributed by atoms with Crippen LogP contribution < -0.4 is 4.74 Å². The van der Waals surface area contributed by atoms with E-state index in [-0.39, 0.29) is 18.3 Å². The average Bonchev–Trinajstić information content (AvgIpc) is 3.27. The summed E-state index contributed by atoms with van der Waals surface area (Å²) in [4.78, 5) is 19.7. The number of hydrogen-bond donors (Lipinski definition) is 2. The van der Waals surface area contributed by atoms with Gasteiger partial charge in [0.1, 0.15) is 5.75 Å². The van der Waals surface area contributed by atoms with E-state index in [2.05, 4.69) is 16.0 Å². The number of thiophene rings is 1. The smallest absolute Gasteiger partial charge is 0.303 e. The number of aliphatic hydroxyl groups excluding tert-OH is 1. The van der Waals surface area contributed by atoms with Crippen LogP contribution in [-0.4, -0.2) is 52.8 Å². The largest absolute Gasteiger partial charge is 0.497 e. The van der Waals surface area contributed by atoms with Crippen LogP contribution in [0.25, 0.3) is 10.9 Å². The molecule has 1 saturated heterocycles. The number of aryl methyl sites for hydroxylation is 1. The molecule has 0 amide bonds. The molecule has 0 spiro atoms. The van der Waals surface area contributed by atoms with Gasteiger partial charge in [-0.3, -0.25) is 9.78 Å². The summed E-state index contributed by atoms with van der Waals surface area (Å²) in [5, 5.41) is 21.5. The first-order chi connectivity index (χ1) is 16.9. The summed E-state index contributed by atoms with van der Waals surface area (Å²) in [5.41, 5.74) is 1.67. The molecule has 0 bridgehead atoms. The lowest BCUT2D eigenvalue weighted by Crippen LogP contribution is -2.42. The van der Waals surface area contributed by atoms with E-state index in [0.717, 1.165) is 71.9 Å². The molecule has 3 heterocycles. The van der Waals surface area contributed by atoms with Gasteiger partial charge >= 0.3 is 5.97 Å². The minimum atomic E-state index is -0.747. The Hall–Kier alpha value is -2.19. The standard InChI is InChI=1S/C27H33ClN2O4S/c1-34-20-5-7-24-23(16-20)22(10-12-29-24)25(31)8-4-18-11-14-30(17-19(18)15-27(32)33)13-2-3-21-6-9-26(28)35-21/h5-7,9-10,12,16,18-19,25,31H,2-4,8,11,13-15,17H2,1H3,(H,32,33)/t18-,19+,25+/m1/s1. The Bertz CT molecular complexity index is 1140. The van der Waals surface area contributed by atoms with E-state index in [1.165, 1.54) is 4.88 Å². The number of aliphatic carboxylic acids is 1.